The number of ether oxygens (including phenoxy) is 1. The van der Waals surface area contributed by atoms with Crippen molar-refractivity contribution in [3.8, 4) is 17.0 Å². The topological polar surface area (TPSA) is 75.5 Å². The monoisotopic (exact) mass is 435 g/mol. The molecule has 0 saturated carbocycles. The lowest BCUT2D eigenvalue weighted by atomic mass is 9.87. The summed E-state index contributed by atoms with van der Waals surface area (Å²) in [6, 6.07) is 3.65. The minimum atomic E-state index is -1.01. The highest BCUT2D eigenvalue weighted by atomic mass is 19.1. The number of rotatable bonds is 7. The van der Waals surface area contributed by atoms with Crippen molar-refractivity contribution < 1.29 is 23.4 Å². The maximum Gasteiger partial charge on any atom is 0.408 e. The molecule has 170 valence electrons. The summed E-state index contributed by atoms with van der Waals surface area (Å²) in [5.41, 5.74) is -0.285. The zero-order valence-electron chi connectivity index (χ0n) is 19.2. The maximum atomic E-state index is 14.6. The van der Waals surface area contributed by atoms with Gasteiger partial charge in [0.15, 0.2) is 11.6 Å². The summed E-state index contributed by atoms with van der Waals surface area (Å²) < 4.78 is 34.7. The molecule has 1 aromatic heterocycles. The first-order valence-electron chi connectivity index (χ1n) is 10.2. The van der Waals surface area contributed by atoms with Crippen molar-refractivity contribution in [1.82, 2.24) is 14.9 Å². The second-order valence-electron chi connectivity index (χ2n) is 9.53. The Hall–Kier alpha value is -2.77. The van der Waals surface area contributed by atoms with Crippen LogP contribution in [0, 0.1) is 24.5 Å². The van der Waals surface area contributed by atoms with Gasteiger partial charge in [0.25, 0.3) is 0 Å². The lowest BCUT2D eigenvalue weighted by Crippen LogP contribution is -2.57. The Kier molecular flexibility index (Phi) is 7.24. The highest BCUT2D eigenvalue weighted by Crippen LogP contribution is 2.32. The van der Waals surface area contributed by atoms with E-state index >= 15 is 0 Å². The van der Waals surface area contributed by atoms with E-state index in [1.807, 2.05) is 41.5 Å². The maximum absolute atomic E-state index is 14.6. The fourth-order valence-electron chi connectivity index (χ4n) is 4.13. The van der Waals surface area contributed by atoms with Gasteiger partial charge in [-0.3, -0.25) is 4.90 Å². The molecule has 0 fully saturated rings. The molecule has 1 amide bonds. The van der Waals surface area contributed by atoms with Crippen molar-refractivity contribution in [2.45, 2.75) is 66.0 Å². The Morgan fingerprint density at radius 2 is 1.77 bits per heavy atom. The molecule has 1 N–H and O–H groups in total. The van der Waals surface area contributed by atoms with Crippen LogP contribution in [0.5, 0.6) is 5.75 Å². The number of halogens is 2. The van der Waals surface area contributed by atoms with Crippen LogP contribution in [0.25, 0.3) is 11.3 Å². The Morgan fingerprint density at radius 1 is 1.13 bits per heavy atom. The number of carbonyl (C=O) groups is 1. The van der Waals surface area contributed by atoms with Gasteiger partial charge in [-0.05, 0) is 66.0 Å². The molecule has 1 atom stereocenters. The van der Waals surface area contributed by atoms with Gasteiger partial charge in [0.2, 0.25) is 0 Å². The predicted octanol–water partition coefficient (Wildman–Crippen LogP) is 5.69. The number of hydrogen-bond donors (Lipinski definition) is 1. The largest absolute Gasteiger partial charge is 0.490 e. The lowest BCUT2D eigenvalue weighted by Gasteiger charge is -2.46. The summed E-state index contributed by atoms with van der Waals surface area (Å²) >= 11 is 0. The van der Waals surface area contributed by atoms with E-state index in [9.17, 15) is 18.7 Å². The third-order valence-electron chi connectivity index (χ3n) is 4.94. The molecule has 0 saturated heterocycles. The minimum Gasteiger partial charge on any atom is -0.490 e. The van der Waals surface area contributed by atoms with E-state index in [2.05, 4.69) is 9.97 Å². The van der Waals surface area contributed by atoms with Gasteiger partial charge in [0.05, 0.1) is 12.3 Å². The van der Waals surface area contributed by atoms with Crippen LogP contribution in [0.4, 0.5) is 13.6 Å². The summed E-state index contributed by atoms with van der Waals surface area (Å²) in [6.07, 6.45) is 0.779. The van der Waals surface area contributed by atoms with Gasteiger partial charge >= 0.3 is 6.09 Å². The van der Waals surface area contributed by atoms with Crippen molar-refractivity contribution in [2.24, 2.45) is 5.92 Å². The van der Waals surface area contributed by atoms with E-state index < -0.39 is 28.8 Å². The Morgan fingerprint density at radius 3 is 2.32 bits per heavy atom. The number of nitrogens with zero attached hydrogens (tertiary/aromatic N) is 3. The second-order valence-corrected chi connectivity index (χ2v) is 9.53. The molecule has 0 bridgehead atoms. The molecule has 31 heavy (non-hydrogen) atoms. The third kappa shape index (κ3) is 6.12. The van der Waals surface area contributed by atoms with Gasteiger partial charge < -0.3 is 9.84 Å². The van der Waals surface area contributed by atoms with Gasteiger partial charge in [0.1, 0.15) is 12.1 Å². The summed E-state index contributed by atoms with van der Waals surface area (Å²) in [4.78, 5) is 21.2. The summed E-state index contributed by atoms with van der Waals surface area (Å²) in [7, 11) is 0. The van der Waals surface area contributed by atoms with Gasteiger partial charge in [-0.2, -0.15) is 0 Å². The van der Waals surface area contributed by atoms with E-state index in [4.69, 9.17) is 4.74 Å². The van der Waals surface area contributed by atoms with Crippen LogP contribution < -0.4 is 4.74 Å². The molecule has 0 unspecified atom stereocenters. The van der Waals surface area contributed by atoms with Crippen molar-refractivity contribution in [2.75, 3.05) is 6.61 Å². The van der Waals surface area contributed by atoms with Crippen molar-refractivity contribution in [1.29, 1.82) is 0 Å². The Labute approximate surface area is 182 Å². The lowest BCUT2D eigenvalue weighted by molar-refractivity contribution is 0.0186. The second kappa shape index (κ2) is 9.16. The normalized spacial score (nSPS) is 13.1. The van der Waals surface area contributed by atoms with Gasteiger partial charge in [0, 0.05) is 28.4 Å². The fraction of sp³-hybridized carbons (Fsp3) is 0.522. The molecule has 0 spiro atoms. The Bertz CT molecular complexity index is 942. The SMILES string of the molecule is Cc1cc(-c2cc(F)c(OC[C@@H](C)CC(C)(C)N(C(=O)O)C(C)(C)C)cc2F)ncn1. The van der Waals surface area contributed by atoms with Crippen LogP contribution in [-0.2, 0) is 0 Å². The Balaban J connectivity index is 2.12. The number of amides is 1. The first-order valence-corrected chi connectivity index (χ1v) is 10.2. The average molecular weight is 436 g/mol. The smallest absolute Gasteiger partial charge is 0.408 e. The van der Waals surface area contributed by atoms with Crippen LogP contribution in [-0.4, -0.2) is 43.8 Å². The van der Waals surface area contributed by atoms with Gasteiger partial charge in [-0.25, -0.2) is 23.5 Å². The zero-order chi connectivity index (χ0) is 23.6. The predicted molar refractivity (Wildman–Crippen MR) is 115 cm³/mol. The van der Waals surface area contributed by atoms with E-state index in [1.54, 1.807) is 13.0 Å². The quantitative estimate of drug-likeness (QED) is 0.604. The molecule has 0 aliphatic carbocycles. The highest BCUT2D eigenvalue weighted by molar-refractivity contribution is 5.67. The summed E-state index contributed by atoms with van der Waals surface area (Å²) in [5, 5.41) is 9.66. The van der Waals surface area contributed by atoms with Crippen LogP contribution in [0.1, 0.15) is 53.7 Å². The zero-order valence-corrected chi connectivity index (χ0v) is 19.2. The molecule has 2 aromatic rings. The number of aryl methyl sites for hydroxylation is 1. The van der Waals surface area contributed by atoms with Crippen LogP contribution >= 0.6 is 0 Å². The molecular weight excluding hydrogens is 404 g/mol. The van der Waals surface area contributed by atoms with E-state index in [-0.39, 0.29) is 23.8 Å². The molecular formula is C23H31F2N3O3. The van der Waals surface area contributed by atoms with Gasteiger partial charge in [-0.1, -0.05) is 6.92 Å². The van der Waals surface area contributed by atoms with Gasteiger partial charge in [-0.15, -0.1) is 0 Å². The van der Waals surface area contributed by atoms with Crippen molar-refractivity contribution in [3.63, 3.8) is 0 Å². The van der Waals surface area contributed by atoms with E-state index in [1.165, 1.54) is 11.2 Å². The van der Waals surface area contributed by atoms with Crippen LogP contribution in [0.2, 0.25) is 0 Å². The summed E-state index contributed by atoms with van der Waals surface area (Å²) in [5.74, 6) is -1.64. The third-order valence-corrected chi connectivity index (χ3v) is 4.94. The minimum absolute atomic E-state index is 0.0341. The first kappa shape index (κ1) is 24.5. The standard InChI is InChI=1S/C23H31F2N3O3/c1-14(11-23(6,7)28(21(29)30)22(3,4)5)12-31-20-10-17(24)16(9-18(20)25)19-8-15(2)26-13-27-19/h8-10,13-14H,11-12H2,1-7H3,(H,29,30)/t14-/m0/s1. The van der Waals surface area contributed by atoms with Crippen molar-refractivity contribution in [3.05, 3.63) is 41.9 Å². The molecule has 1 aromatic carbocycles. The first-order chi connectivity index (χ1) is 14.2. The van der Waals surface area contributed by atoms with Crippen LogP contribution in [0.15, 0.2) is 24.5 Å². The average Bonchev–Trinajstić information content (AvgIpc) is 2.59. The van der Waals surface area contributed by atoms with Crippen LogP contribution in [0.3, 0.4) is 0 Å². The molecule has 6 nitrogen and oxygen atoms in total. The van der Waals surface area contributed by atoms with E-state index in [0.29, 0.717) is 17.8 Å². The molecule has 0 aliphatic heterocycles. The van der Waals surface area contributed by atoms with E-state index in [0.717, 1.165) is 12.1 Å². The number of benzene rings is 1. The number of aromatic nitrogens is 2. The molecule has 0 radical (unpaired) electrons. The summed E-state index contributed by atoms with van der Waals surface area (Å²) in [6.45, 7) is 12.9. The molecule has 1 heterocycles. The fourth-order valence-corrected chi connectivity index (χ4v) is 4.13. The number of hydrogen-bond acceptors (Lipinski definition) is 4. The number of carboxylic acid groups (broad SMARTS) is 1. The highest BCUT2D eigenvalue weighted by Gasteiger charge is 2.39. The molecule has 2 rings (SSSR count). The molecule has 8 heteroatoms. The molecule has 0 aliphatic rings. The van der Waals surface area contributed by atoms with Crippen molar-refractivity contribution >= 4 is 6.09 Å².